The van der Waals surface area contributed by atoms with Gasteiger partial charge < -0.3 is 10.0 Å². The number of aliphatic imine (C=N–C) groups is 1. The number of amidine groups is 1. The summed E-state index contributed by atoms with van der Waals surface area (Å²) in [6.07, 6.45) is 6.33. The molecule has 0 saturated carbocycles. The van der Waals surface area contributed by atoms with Crippen LogP contribution in [0.3, 0.4) is 0 Å². The van der Waals surface area contributed by atoms with Crippen molar-refractivity contribution in [1.82, 2.24) is 15.4 Å². The number of hydrogen-bond donors (Lipinski definition) is 3. The molecule has 0 radical (unpaired) electrons. The van der Waals surface area contributed by atoms with Crippen LogP contribution in [0, 0.1) is 0 Å². The lowest BCUT2D eigenvalue weighted by Gasteiger charge is -2.26. The monoisotopic (exact) mass is 359 g/mol. The Morgan fingerprint density at radius 2 is 2.24 bits per heavy atom. The Hall–Kier alpha value is -2.58. The average Bonchev–Trinajstić information content (AvgIpc) is 2.58. The van der Waals surface area contributed by atoms with Gasteiger partial charge in [-0.05, 0) is 25.5 Å². The third-order valence-corrected chi connectivity index (χ3v) is 3.81. The highest BCUT2D eigenvalue weighted by atomic mass is 32.2. The summed E-state index contributed by atoms with van der Waals surface area (Å²) in [6, 6.07) is 3.83. The zero-order chi connectivity index (χ0) is 18.4. The largest absolute Gasteiger partial charge is 0.380 e. The zero-order valence-corrected chi connectivity index (χ0v) is 15.2. The van der Waals surface area contributed by atoms with E-state index in [0.29, 0.717) is 22.9 Å². The van der Waals surface area contributed by atoms with Crippen molar-refractivity contribution in [2.45, 2.75) is 20.4 Å². The predicted molar refractivity (Wildman–Crippen MR) is 101 cm³/mol. The molecule has 1 aromatic rings. The summed E-state index contributed by atoms with van der Waals surface area (Å²) in [4.78, 5) is 20.3. The number of rotatable bonds is 6. The van der Waals surface area contributed by atoms with E-state index in [1.807, 2.05) is 32.2 Å². The first-order chi connectivity index (χ1) is 12.0. The second-order valence-electron chi connectivity index (χ2n) is 5.43. The van der Waals surface area contributed by atoms with Crippen LogP contribution in [-0.2, 0) is 11.3 Å². The quantitative estimate of drug-likeness (QED) is 0.534. The van der Waals surface area contributed by atoms with Crippen molar-refractivity contribution in [3.8, 4) is 0 Å². The number of amides is 1. The van der Waals surface area contributed by atoms with Gasteiger partial charge >= 0.3 is 0 Å². The number of hydrogen-bond acceptors (Lipinski definition) is 7. The van der Waals surface area contributed by atoms with Gasteiger partial charge in [-0.3, -0.25) is 10.0 Å². The molecule has 1 aliphatic heterocycles. The lowest BCUT2D eigenvalue weighted by molar-refractivity contribution is -0.143. The smallest absolute Gasteiger partial charge is 0.278 e. The van der Waals surface area contributed by atoms with E-state index in [1.165, 1.54) is 24.2 Å². The molecule has 2 rings (SSSR count). The summed E-state index contributed by atoms with van der Waals surface area (Å²) in [5.74, 6) is 0.373. The lowest BCUT2D eigenvalue weighted by atomic mass is 10.0. The Labute approximate surface area is 151 Å². The lowest BCUT2D eigenvalue weighted by Crippen LogP contribution is -2.40. The van der Waals surface area contributed by atoms with Gasteiger partial charge in [0.2, 0.25) is 0 Å². The van der Waals surface area contributed by atoms with Crippen LogP contribution in [0.5, 0.6) is 0 Å². The van der Waals surface area contributed by atoms with Crippen molar-refractivity contribution in [2.24, 2.45) is 4.99 Å². The summed E-state index contributed by atoms with van der Waals surface area (Å²) in [5.41, 5.74) is 3.13. The Kier molecular flexibility index (Phi) is 6.37. The fourth-order valence-corrected chi connectivity index (χ4v) is 2.65. The molecule has 25 heavy (non-hydrogen) atoms. The van der Waals surface area contributed by atoms with Gasteiger partial charge in [0.25, 0.3) is 5.91 Å². The number of anilines is 1. The third-order valence-electron chi connectivity index (χ3n) is 3.40. The number of pyridine rings is 1. The third kappa shape index (κ3) is 4.49. The van der Waals surface area contributed by atoms with Crippen LogP contribution in [0.15, 0.2) is 59.0 Å². The van der Waals surface area contributed by atoms with Gasteiger partial charge in [-0.25, -0.2) is 9.98 Å². The van der Waals surface area contributed by atoms with E-state index in [-0.39, 0.29) is 5.84 Å². The van der Waals surface area contributed by atoms with E-state index in [1.54, 1.807) is 6.20 Å². The summed E-state index contributed by atoms with van der Waals surface area (Å²) >= 11 is 1.48. The predicted octanol–water partition coefficient (Wildman–Crippen LogP) is 2.85. The van der Waals surface area contributed by atoms with Crippen LogP contribution in [0.1, 0.15) is 19.4 Å². The molecule has 1 aliphatic rings. The van der Waals surface area contributed by atoms with Crippen molar-refractivity contribution in [1.29, 1.82) is 0 Å². The second kappa shape index (κ2) is 8.50. The summed E-state index contributed by atoms with van der Waals surface area (Å²) < 4.78 is 3.06. The molecule has 132 valence electrons. The number of carbonyl (C=O) groups is 1. The van der Waals surface area contributed by atoms with Crippen molar-refractivity contribution in [3.63, 3.8) is 0 Å². The van der Waals surface area contributed by atoms with Crippen LogP contribution in [0.25, 0.3) is 0 Å². The van der Waals surface area contributed by atoms with Gasteiger partial charge in [0.15, 0.2) is 5.84 Å². The molecule has 0 unspecified atom stereocenters. The normalized spacial score (nSPS) is 15.9. The van der Waals surface area contributed by atoms with Gasteiger partial charge in [-0.15, -0.1) is 0 Å². The van der Waals surface area contributed by atoms with Gasteiger partial charge in [-0.2, -0.15) is 5.06 Å². The average molecular weight is 359 g/mol. The van der Waals surface area contributed by atoms with Crippen molar-refractivity contribution in [3.05, 3.63) is 59.6 Å². The molecule has 0 fully saturated rings. The topological polar surface area (TPSA) is 89.8 Å². The molecule has 0 aliphatic carbocycles. The highest BCUT2D eigenvalue weighted by Crippen LogP contribution is 2.22. The molecular weight excluding hydrogens is 338 g/mol. The maximum Gasteiger partial charge on any atom is 0.278 e. The minimum Gasteiger partial charge on any atom is -0.380 e. The summed E-state index contributed by atoms with van der Waals surface area (Å²) in [6.45, 7) is 7.79. The maximum absolute atomic E-state index is 12.0. The molecule has 1 aromatic heterocycles. The van der Waals surface area contributed by atoms with E-state index in [2.05, 4.69) is 26.6 Å². The fraction of sp³-hybridized carbons (Fsp3) is 0.235. The highest BCUT2D eigenvalue weighted by molar-refractivity contribution is 7.99. The number of nitrogens with zero attached hydrogens (tertiary/aromatic N) is 3. The molecule has 2 heterocycles. The van der Waals surface area contributed by atoms with Crippen LogP contribution in [0.4, 0.5) is 5.82 Å². The van der Waals surface area contributed by atoms with Crippen LogP contribution in [-0.4, -0.2) is 33.3 Å². The number of aromatic nitrogens is 1. The number of carbonyl (C=O) groups excluding carboxylic acids is 1. The zero-order valence-electron chi connectivity index (χ0n) is 14.4. The Morgan fingerprint density at radius 1 is 1.48 bits per heavy atom. The van der Waals surface area contributed by atoms with Gasteiger partial charge in [-0.1, -0.05) is 30.2 Å². The minimum atomic E-state index is -0.564. The molecule has 1 amide bonds. The molecular formula is C17H21N5O2S. The SMILES string of the molecule is C=CN=C1C(=C(C)C)C(NCc2ccc(NSC)nc2)=CC(=O)N1O. The molecule has 7 nitrogen and oxygen atoms in total. The number of nitrogens with one attached hydrogen (secondary N) is 2. The molecule has 0 bridgehead atoms. The van der Waals surface area contributed by atoms with Crippen LogP contribution < -0.4 is 10.0 Å². The van der Waals surface area contributed by atoms with E-state index in [4.69, 9.17) is 0 Å². The molecule has 0 saturated heterocycles. The first kappa shape index (κ1) is 18.8. The van der Waals surface area contributed by atoms with Crippen molar-refractivity contribution >= 4 is 29.5 Å². The number of hydroxylamine groups is 2. The van der Waals surface area contributed by atoms with E-state index < -0.39 is 5.91 Å². The van der Waals surface area contributed by atoms with E-state index >= 15 is 0 Å². The highest BCUT2D eigenvalue weighted by Gasteiger charge is 2.29. The van der Waals surface area contributed by atoms with Crippen LogP contribution >= 0.6 is 11.9 Å². The summed E-state index contributed by atoms with van der Waals surface area (Å²) in [5, 5.41) is 13.7. The van der Waals surface area contributed by atoms with Crippen LogP contribution in [0.2, 0.25) is 0 Å². The van der Waals surface area contributed by atoms with E-state index in [9.17, 15) is 10.0 Å². The van der Waals surface area contributed by atoms with E-state index in [0.717, 1.165) is 17.0 Å². The second-order valence-corrected chi connectivity index (χ2v) is 6.04. The standard InChI is InChI=1S/C17H21N5O2S/c1-5-18-17-16(11(2)3)13(8-15(23)22(17)24)19-9-12-6-7-14(20-10-12)21-25-4/h5-8,10,19,24H,1,9H2,2-4H3,(H,20,21). The molecule has 8 heteroatoms. The first-order valence-electron chi connectivity index (χ1n) is 7.57. The van der Waals surface area contributed by atoms with Gasteiger partial charge in [0.05, 0.1) is 5.70 Å². The Bertz CT molecular complexity index is 749. The Morgan fingerprint density at radius 3 is 2.80 bits per heavy atom. The molecule has 0 atom stereocenters. The fourth-order valence-electron chi connectivity index (χ4n) is 2.32. The van der Waals surface area contributed by atoms with Crippen molar-refractivity contribution in [2.75, 3.05) is 11.0 Å². The maximum atomic E-state index is 12.0. The van der Waals surface area contributed by atoms with Gasteiger partial charge in [0, 0.05) is 36.8 Å². The van der Waals surface area contributed by atoms with Crippen molar-refractivity contribution < 1.29 is 10.0 Å². The summed E-state index contributed by atoms with van der Waals surface area (Å²) in [7, 11) is 0. The molecule has 0 aromatic carbocycles. The molecule has 0 spiro atoms. The minimum absolute atomic E-state index is 0.155. The van der Waals surface area contributed by atoms with Gasteiger partial charge in [0.1, 0.15) is 5.82 Å². The Balaban J connectivity index is 2.23. The number of allylic oxidation sites excluding steroid dienone is 1. The first-order valence-corrected chi connectivity index (χ1v) is 8.79. The molecule has 3 N–H and O–H groups in total.